The predicted molar refractivity (Wildman–Crippen MR) is 69.0 cm³/mol. The maximum absolute atomic E-state index is 13.2. The molecule has 16 heavy (non-hydrogen) atoms. The number of rotatable bonds is 7. The highest BCUT2D eigenvalue weighted by molar-refractivity contribution is 9.10. The second kappa shape index (κ2) is 7.76. The smallest absolute Gasteiger partial charge is 0.137 e. The maximum atomic E-state index is 13.2. The molecule has 0 aromatic heterocycles. The van der Waals surface area contributed by atoms with Crippen LogP contribution in [0.3, 0.4) is 0 Å². The molecule has 1 aromatic rings. The summed E-state index contributed by atoms with van der Waals surface area (Å²) in [4.78, 5) is 0. The Morgan fingerprint density at radius 3 is 2.62 bits per heavy atom. The fraction of sp³-hybridized carbons (Fsp3) is 0.500. The van der Waals surface area contributed by atoms with Crippen molar-refractivity contribution in [3.8, 4) is 0 Å². The second-order valence-electron chi connectivity index (χ2n) is 3.68. The lowest BCUT2D eigenvalue weighted by Gasteiger charge is -2.06. The van der Waals surface area contributed by atoms with Gasteiger partial charge in [0.25, 0.3) is 0 Å². The summed E-state index contributed by atoms with van der Waals surface area (Å²) in [5.41, 5.74) is 0.969. The van der Waals surface area contributed by atoms with Crippen LogP contribution in [0.25, 0.3) is 0 Å². The van der Waals surface area contributed by atoms with Crippen molar-refractivity contribution in [2.45, 2.75) is 19.9 Å². The van der Waals surface area contributed by atoms with Crippen molar-refractivity contribution < 1.29 is 4.39 Å². The van der Waals surface area contributed by atoms with Crippen LogP contribution in [0, 0.1) is 5.82 Å². The Morgan fingerprint density at radius 2 is 1.94 bits per heavy atom. The van der Waals surface area contributed by atoms with Crippen LogP contribution in [0.5, 0.6) is 0 Å². The SMILES string of the molecule is CCCNCCNCc1ccc(Br)c(F)c1. The summed E-state index contributed by atoms with van der Waals surface area (Å²) in [6.07, 6.45) is 1.15. The van der Waals surface area contributed by atoms with Crippen LogP contribution in [0.4, 0.5) is 4.39 Å². The lowest BCUT2D eigenvalue weighted by Crippen LogP contribution is -2.27. The third kappa shape index (κ3) is 5.05. The molecule has 0 aliphatic heterocycles. The lowest BCUT2D eigenvalue weighted by atomic mass is 10.2. The molecule has 0 amide bonds. The third-order valence-electron chi connectivity index (χ3n) is 2.22. The molecule has 0 unspecified atom stereocenters. The van der Waals surface area contributed by atoms with Crippen molar-refractivity contribution >= 4 is 15.9 Å². The largest absolute Gasteiger partial charge is 0.315 e. The Morgan fingerprint density at radius 1 is 1.19 bits per heavy atom. The van der Waals surface area contributed by atoms with Crippen LogP contribution in [0.2, 0.25) is 0 Å². The van der Waals surface area contributed by atoms with Gasteiger partial charge in [0.15, 0.2) is 0 Å². The van der Waals surface area contributed by atoms with E-state index in [0.717, 1.165) is 31.6 Å². The van der Waals surface area contributed by atoms with Gasteiger partial charge in [0.1, 0.15) is 5.82 Å². The molecule has 0 aliphatic rings. The summed E-state index contributed by atoms with van der Waals surface area (Å²) in [6, 6.07) is 5.21. The van der Waals surface area contributed by atoms with Crippen molar-refractivity contribution in [3.63, 3.8) is 0 Å². The fourth-order valence-corrected chi connectivity index (χ4v) is 1.61. The summed E-state index contributed by atoms with van der Waals surface area (Å²) >= 11 is 3.13. The Bertz CT molecular complexity index is 318. The Balaban J connectivity index is 2.19. The van der Waals surface area contributed by atoms with Gasteiger partial charge in [0.2, 0.25) is 0 Å². The Kier molecular flexibility index (Phi) is 6.61. The van der Waals surface area contributed by atoms with Crippen LogP contribution >= 0.6 is 15.9 Å². The van der Waals surface area contributed by atoms with E-state index in [0.29, 0.717) is 11.0 Å². The Labute approximate surface area is 105 Å². The highest BCUT2D eigenvalue weighted by atomic mass is 79.9. The van der Waals surface area contributed by atoms with Crippen LogP contribution in [0.15, 0.2) is 22.7 Å². The first kappa shape index (κ1) is 13.6. The standard InChI is InChI=1S/C12H18BrFN2/c1-2-5-15-6-7-16-9-10-3-4-11(13)12(14)8-10/h3-4,8,15-16H,2,5-7,9H2,1H3. The molecule has 0 aliphatic carbocycles. The van der Waals surface area contributed by atoms with Gasteiger partial charge in [0.05, 0.1) is 4.47 Å². The number of benzene rings is 1. The molecule has 0 atom stereocenters. The van der Waals surface area contributed by atoms with Gasteiger partial charge in [-0.05, 0) is 46.6 Å². The number of halogens is 2. The van der Waals surface area contributed by atoms with Gasteiger partial charge in [-0.25, -0.2) is 4.39 Å². The van der Waals surface area contributed by atoms with E-state index in [1.807, 2.05) is 6.07 Å². The first-order valence-electron chi connectivity index (χ1n) is 5.59. The third-order valence-corrected chi connectivity index (χ3v) is 2.86. The van der Waals surface area contributed by atoms with Gasteiger partial charge in [-0.2, -0.15) is 0 Å². The predicted octanol–water partition coefficient (Wildman–Crippen LogP) is 2.68. The molecule has 0 heterocycles. The molecular weight excluding hydrogens is 271 g/mol. The molecule has 4 heteroatoms. The first-order valence-corrected chi connectivity index (χ1v) is 6.38. The molecule has 1 rings (SSSR count). The molecule has 0 saturated heterocycles. The molecule has 1 aromatic carbocycles. The van der Waals surface area contributed by atoms with E-state index in [2.05, 4.69) is 33.5 Å². The van der Waals surface area contributed by atoms with Gasteiger partial charge in [-0.1, -0.05) is 13.0 Å². The number of nitrogens with one attached hydrogen (secondary N) is 2. The molecule has 0 radical (unpaired) electrons. The second-order valence-corrected chi connectivity index (χ2v) is 4.53. The molecule has 0 fully saturated rings. The first-order chi connectivity index (χ1) is 7.74. The van der Waals surface area contributed by atoms with Crippen LogP contribution in [-0.4, -0.2) is 19.6 Å². The van der Waals surface area contributed by atoms with Crippen molar-refractivity contribution in [1.82, 2.24) is 10.6 Å². The van der Waals surface area contributed by atoms with Gasteiger partial charge in [0, 0.05) is 19.6 Å². The zero-order valence-electron chi connectivity index (χ0n) is 9.52. The molecule has 0 spiro atoms. The monoisotopic (exact) mass is 288 g/mol. The van der Waals surface area contributed by atoms with Crippen molar-refractivity contribution in [2.75, 3.05) is 19.6 Å². The van der Waals surface area contributed by atoms with Crippen LogP contribution in [-0.2, 0) is 6.54 Å². The average Bonchev–Trinajstić information content (AvgIpc) is 2.28. The summed E-state index contributed by atoms with van der Waals surface area (Å²) < 4.78 is 13.7. The lowest BCUT2D eigenvalue weighted by molar-refractivity contribution is 0.597. The molecular formula is C12H18BrFN2. The number of hydrogen-bond donors (Lipinski definition) is 2. The summed E-state index contributed by atoms with van der Waals surface area (Å²) in [6.45, 7) is 5.75. The number of hydrogen-bond acceptors (Lipinski definition) is 2. The van der Waals surface area contributed by atoms with Gasteiger partial charge < -0.3 is 10.6 Å². The zero-order chi connectivity index (χ0) is 11.8. The van der Waals surface area contributed by atoms with Crippen LogP contribution in [0.1, 0.15) is 18.9 Å². The summed E-state index contributed by atoms with van der Waals surface area (Å²) in [5.74, 6) is -0.205. The van der Waals surface area contributed by atoms with E-state index >= 15 is 0 Å². The zero-order valence-corrected chi connectivity index (χ0v) is 11.1. The Hall–Kier alpha value is -0.450. The van der Waals surface area contributed by atoms with Crippen molar-refractivity contribution in [2.24, 2.45) is 0 Å². The quantitative estimate of drug-likeness (QED) is 0.754. The fourth-order valence-electron chi connectivity index (χ4n) is 1.36. The molecule has 2 N–H and O–H groups in total. The minimum absolute atomic E-state index is 0.205. The van der Waals surface area contributed by atoms with E-state index in [9.17, 15) is 4.39 Å². The van der Waals surface area contributed by atoms with Gasteiger partial charge in [-0.15, -0.1) is 0 Å². The summed E-state index contributed by atoms with van der Waals surface area (Å²) in [7, 11) is 0. The molecule has 0 saturated carbocycles. The van der Waals surface area contributed by atoms with Crippen LogP contribution < -0.4 is 10.6 Å². The average molecular weight is 289 g/mol. The van der Waals surface area contributed by atoms with E-state index < -0.39 is 0 Å². The summed E-state index contributed by atoms with van der Waals surface area (Å²) in [5, 5.41) is 6.56. The van der Waals surface area contributed by atoms with Gasteiger partial charge >= 0.3 is 0 Å². The highest BCUT2D eigenvalue weighted by Crippen LogP contribution is 2.15. The normalized spacial score (nSPS) is 10.7. The maximum Gasteiger partial charge on any atom is 0.137 e. The minimum atomic E-state index is -0.205. The van der Waals surface area contributed by atoms with Crippen molar-refractivity contribution in [1.29, 1.82) is 0 Å². The van der Waals surface area contributed by atoms with Crippen molar-refractivity contribution in [3.05, 3.63) is 34.1 Å². The highest BCUT2D eigenvalue weighted by Gasteiger charge is 1.99. The minimum Gasteiger partial charge on any atom is -0.315 e. The van der Waals surface area contributed by atoms with E-state index in [-0.39, 0.29) is 5.82 Å². The van der Waals surface area contributed by atoms with E-state index in [4.69, 9.17) is 0 Å². The topological polar surface area (TPSA) is 24.1 Å². The van der Waals surface area contributed by atoms with E-state index in [1.165, 1.54) is 0 Å². The molecule has 0 bridgehead atoms. The van der Waals surface area contributed by atoms with Gasteiger partial charge in [-0.3, -0.25) is 0 Å². The molecule has 90 valence electrons. The molecule has 2 nitrogen and oxygen atoms in total. The van der Waals surface area contributed by atoms with E-state index in [1.54, 1.807) is 12.1 Å².